The van der Waals surface area contributed by atoms with Crippen molar-refractivity contribution in [2.75, 3.05) is 5.32 Å². The zero-order chi connectivity index (χ0) is 12.3. The predicted octanol–water partition coefficient (Wildman–Crippen LogP) is 1.16. The number of carbonyl (C=O) groups is 1. The highest BCUT2D eigenvalue weighted by Gasteiger charge is 2.20. The first-order valence-electron chi connectivity index (χ1n) is 5.17. The third-order valence-electron chi connectivity index (χ3n) is 2.05. The minimum atomic E-state index is -0.404. The van der Waals surface area contributed by atoms with Crippen molar-refractivity contribution < 1.29 is 4.79 Å². The molecule has 1 amide bonds. The summed E-state index contributed by atoms with van der Waals surface area (Å²) >= 11 is 0. The summed E-state index contributed by atoms with van der Waals surface area (Å²) in [7, 11) is 0. The van der Waals surface area contributed by atoms with E-state index in [4.69, 9.17) is 5.73 Å². The van der Waals surface area contributed by atoms with E-state index in [0.717, 1.165) is 11.5 Å². The zero-order valence-corrected chi connectivity index (χ0v) is 10.2. The molecule has 0 bridgehead atoms. The highest BCUT2D eigenvalue weighted by Crippen LogP contribution is 2.16. The Morgan fingerprint density at radius 1 is 1.44 bits per heavy atom. The van der Waals surface area contributed by atoms with E-state index >= 15 is 0 Å². The quantitative estimate of drug-likeness (QED) is 0.801. The van der Waals surface area contributed by atoms with Gasteiger partial charge in [-0.1, -0.05) is 0 Å². The molecule has 5 heteroatoms. The number of aromatic nitrogens is 2. The van der Waals surface area contributed by atoms with E-state index in [1.807, 2.05) is 33.8 Å². The topological polar surface area (TPSA) is 80.9 Å². The van der Waals surface area contributed by atoms with Gasteiger partial charge in [0.2, 0.25) is 5.91 Å². The number of primary amides is 1. The summed E-state index contributed by atoms with van der Waals surface area (Å²) in [5.41, 5.74) is 5.67. The molecule has 16 heavy (non-hydrogen) atoms. The molecular formula is C11H18N4O. The molecule has 88 valence electrons. The Bertz CT molecular complexity index is 381. The first kappa shape index (κ1) is 12.4. The summed E-state index contributed by atoms with van der Waals surface area (Å²) in [6.45, 7) is 7.55. The van der Waals surface area contributed by atoms with E-state index in [1.165, 1.54) is 0 Å². The molecule has 0 unspecified atom stereocenters. The van der Waals surface area contributed by atoms with Crippen molar-refractivity contribution in [3.63, 3.8) is 0 Å². The van der Waals surface area contributed by atoms with Crippen molar-refractivity contribution in [2.24, 2.45) is 5.73 Å². The van der Waals surface area contributed by atoms with Crippen LogP contribution in [0.15, 0.2) is 6.07 Å². The number of hydrogen-bond donors (Lipinski definition) is 2. The number of nitrogens with one attached hydrogen (secondary N) is 1. The molecule has 1 aromatic rings. The van der Waals surface area contributed by atoms with Gasteiger partial charge in [-0.2, -0.15) is 0 Å². The molecule has 0 aliphatic heterocycles. The number of hydrogen-bond acceptors (Lipinski definition) is 4. The Morgan fingerprint density at radius 2 is 2.06 bits per heavy atom. The van der Waals surface area contributed by atoms with Gasteiger partial charge in [-0.3, -0.25) is 4.79 Å². The van der Waals surface area contributed by atoms with Crippen LogP contribution in [-0.4, -0.2) is 21.4 Å². The minimum Gasteiger partial charge on any atom is -0.370 e. The molecule has 0 radical (unpaired) electrons. The highest BCUT2D eigenvalue weighted by molar-refractivity contribution is 5.75. The van der Waals surface area contributed by atoms with Gasteiger partial charge in [-0.15, -0.1) is 0 Å². The fraction of sp³-hybridized carbons (Fsp3) is 0.545. The molecular weight excluding hydrogens is 204 g/mol. The molecule has 0 aliphatic carbocycles. The van der Waals surface area contributed by atoms with Crippen LogP contribution in [0.3, 0.4) is 0 Å². The monoisotopic (exact) mass is 222 g/mol. The standard InChI is InChI=1S/C11H18N4O/c1-7-5-10(14-8(2)13-7)15-11(3,4)6-9(12)16/h5H,6H2,1-4H3,(H2,12,16)(H,13,14,15). The van der Waals surface area contributed by atoms with Crippen molar-refractivity contribution in [1.82, 2.24) is 9.97 Å². The molecule has 0 saturated heterocycles. The van der Waals surface area contributed by atoms with Crippen LogP contribution in [0.4, 0.5) is 5.82 Å². The second kappa shape index (κ2) is 4.47. The summed E-state index contributed by atoms with van der Waals surface area (Å²) in [6.07, 6.45) is 0.259. The number of nitrogens with zero attached hydrogens (tertiary/aromatic N) is 2. The van der Waals surface area contributed by atoms with Crippen LogP contribution in [0.25, 0.3) is 0 Å². The Hall–Kier alpha value is -1.65. The van der Waals surface area contributed by atoms with Crippen LogP contribution in [-0.2, 0) is 4.79 Å². The smallest absolute Gasteiger partial charge is 0.219 e. The largest absolute Gasteiger partial charge is 0.370 e. The summed E-state index contributed by atoms with van der Waals surface area (Å²) in [4.78, 5) is 19.3. The summed E-state index contributed by atoms with van der Waals surface area (Å²) < 4.78 is 0. The lowest BCUT2D eigenvalue weighted by atomic mass is 10.0. The lowest BCUT2D eigenvalue weighted by molar-refractivity contribution is -0.118. The molecule has 1 heterocycles. The van der Waals surface area contributed by atoms with Gasteiger partial charge in [-0.05, 0) is 27.7 Å². The molecule has 1 rings (SSSR count). The fourth-order valence-corrected chi connectivity index (χ4v) is 1.61. The summed E-state index contributed by atoms with van der Waals surface area (Å²) in [5, 5.41) is 3.18. The van der Waals surface area contributed by atoms with Crippen LogP contribution < -0.4 is 11.1 Å². The number of carbonyl (C=O) groups excluding carboxylic acids is 1. The van der Waals surface area contributed by atoms with Crippen molar-refractivity contribution in [1.29, 1.82) is 0 Å². The third kappa shape index (κ3) is 3.84. The van der Waals surface area contributed by atoms with Crippen LogP contribution in [0.5, 0.6) is 0 Å². The summed E-state index contributed by atoms with van der Waals surface area (Å²) in [5.74, 6) is 1.09. The number of amides is 1. The van der Waals surface area contributed by atoms with E-state index in [9.17, 15) is 4.79 Å². The molecule has 0 aliphatic rings. The highest BCUT2D eigenvalue weighted by atomic mass is 16.1. The molecule has 0 atom stereocenters. The van der Waals surface area contributed by atoms with Crippen LogP contribution in [0.1, 0.15) is 31.8 Å². The summed E-state index contributed by atoms with van der Waals surface area (Å²) in [6, 6.07) is 1.84. The Morgan fingerprint density at radius 3 is 2.56 bits per heavy atom. The van der Waals surface area contributed by atoms with Crippen molar-refractivity contribution in [2.45, 2.75) is 39.7 Å². The number of nitrogens with two attached hydrogens (primary N) is 1. The molecule has 0 aromatic carbocycles. The number of anilines is 1. The maximum absolute atomic E-state index is 10.9. The van der Waals surface area contributed by atoms with Crippen LogP contribution in [0.2, 0.25) is 0 Å². The first-order valence-corrected chi connectivity index (χ1v) is 5.17. The number of rotatable bonds is 4. The minimum absolute atomic E-state index is 0.259. The lowest BCUT2D eigenvalue weighted by Crippen LogP contribution is -2.36. The van der Waals surface area contributed by atoms with Gasteiger partial charge in [0.25, 0.3) is 0 Å². The maximum atomic E-state index is 10.9. The maximum Gasteiger partial charge on any atom is 0.219 e. The lowest BCUT2D eigenvalue weighted by Gasteiger charge is -2.25. The van der Waals surface area contributed by atoms with E-state index in [2.05, 4.69) is 15.3 Å². The molecule has 0 spiro atoms. The zero-order valence-electron chi connectivity index (χ0n) is 10.2. The van der Waals surface area contributed by atoms with Crippen LogP contribution >= 0.6 is 0 Å². The van der Waals surface area contributed by atoms with Gasteiger partial charge in [-0.25, -0.2) is 9.97 Å². The Kier molecular flexibility index (Phi) is 3.47. The second-order valence-electron chi connectivity index (χ2n) is 4.59. The van der Waals surface area contributed by atoms with Gasteiger partial charge in [0.1, 0.15) is 11.6 Å². The molecule has 5 nitrogen and oxygen atoms in total. The van der Waals surface area contributed by atoms with Crippen LogP contribution in [0, 0.1) is 13.8 Å². The van der Waals surface area contributed by atoms with Gasteiger partial charge >= 0.3 is 0 Å². The second-order valence-corrected chi connectivity index (χ2v) is 4.59. The third-order valence-corrected chi connectivity index (χ3v) is 2.05. The molecule has 0 saturated carbocycles. The Balaban J connectivity index is 2.83. The number of aryl methyl sites for hydroxylation is 2. The van der Waals surface area contributed by atoms with E-state index in [0.29, 0.717) is 5.82 Å². The molecule has 1 aromatic heterocycles. The van der Waals surface area contributed by atoms with Gasteiger partial charge in [0.05, 0.1) is 0 Å². The van der Waals surface area contributed by atoms with Crippen molar-refractivity contribution >= 4 is 11.7 Å². The normalized spacial score (nSPS) is 11.2. The average Bonchev–Trinajstić information content (AvgIpc) is 1.95. The van der Waals surface area contributed by atoms with Gasteiger partial charge in [0, 0.05) is 23.7 Å². The Labute approximate surface area is 95.5 Å². The van der Waals surface area contributed by atoms with Gasteiger partial charge in [0.15, 0.2) is 0 Å². The predicted molar refractivity (Wildman–Crippen MR) is 63.0 cm³/mol. The average molecular weight is 222 g/mol. The molecule has 3 N–H and O–H groups in total. The van der Waals surface area contributed by atoms with E-state index in [-0.39, 0.29) is 12.3 Å². The van der Waals surface area contributed by atoms with Crippen molar-refractivity contribution in [3.8, 4) is 0 Å². The fourth-order valence-electron chi connectivity index (χ4n) is 1.61. The first-order chi connectivity index (χ1) is 7.28. The van der Waals surface area contributed by atoms with Gasteiger partial charge < -0.3 is 11.1 Å². The van der Waals surface area contributed by atoms with E-state index in [1.54, 1.807) is 0 Å². The van der Waals surface area contributed by atoms with Crippen molar-refractivity contribution in [3.05, 3.63) is 17.6 Å². The SMILES string of the molecule is Cc1cc(NC(C)(C)CC(N)=O)nc(C)n1. The molecule has 0 fully saturated rings. The van der Waals surface area contributed by atoms with E-state index < -0.39 is 5.54 Å².